The Labute approximate surface area is 124 Å². The van der Waals surface area contributed by atoms with Crippen molar-refractivity contribution in [3.8, 4) is 0 Å². The van der Waals surface area contributed by atoms with E-state index in [0.717, 1.165) is 18.8 Å². The number of aliphatic carboxylic acids is 1. The number of carboxylic acid groups (broad SMARTS) is 1. The molecule has 1 atom stereocenters. The van der Waals surface area contributed by atoms with Gasteiger partial charge in [-0.25, -0.2) is 0 Å². The quantitative estimate of drug-likeness (QED) is 0.925. The Hall–Kier alpha value is -2.04. The number of carboxylic acids is 1. The molecule has 2 saturated heterocycles. The van der Waals surface area contributed by atoms with Gasteiger partial charge in [0.1, 0.15) is 0 Å². The number of hydrogen-bond acceptors (Lipinski definition) is 3. The average molecular weight is 288 g/mol. The van der Waals surface area contributed by atoms with E-state index in [9.17, 15) is 9.59 Å². The van der Waals surface area contributed by atoms with Crippen LogP contribution in [0.5, 0.6) is 0 Å². The second-order valence-corrected chi connectivity index (χ2v) is 5.79. The molecule has 0 bridgehead atoms. The number of benzene rings is 1. The Bertz CT molecular complexity index is 535. The normalized spacial score (nSPS) is 22.7. The molecule has 0 spiro atoms. The van der Waals surface area contributed by atoms with Gasteiger partial charge in [0.2, 0.25) is 5.91 Å². The maximum absolute atomic E-state index is 12.0. The molecule has 2 aliphatic rings. The highest BCUT2D eigenvalue weighted by Gasteiger charge is 2.30. The number of carbonyl (C=O) groups excluding carboxylic acids is 1. The molecule has 112 valence electrons. The van der Waals surface area contributed by atoms with Gasteiger partial charge in [-0.05, 0) is 43.5 Å². The molecule has 0 radical (unpaired) electrons. The Morgan fingerprint density at radius 1 is 1.10 bits per heavy atom. The molecule has 1 amide bonds. The summed E-state index contributed by atoms with van der Waals surface area (Å²) in [5.41, 5.74) is 1.98. The van der Waals surface area contributed by atoms with Crippen LogP contribution in [-0.4, -0.2) is 36.6 Å². The number of anilines is 2. The Morgan fingerprint density at radius 3 is 2.33 bits per heavy atom. The molecule has 0 saturated carbocycles. The fourth-order valence-corrected chi connectivity index (χ4v) is 3.12. The topological polar surface area (TPSA) is 60.9 Å². The number of piperidine rings is 1. The molecular weight excluding hydrogens is 268 g/mol. The maximum atomic E-state index is 12.0. The van der Waals surface area contributed by atoms with E-state index in [4.69, 9.17) is 5.11 Å². The molecule has 5 nitrogen and oxygen atoms in total. The zero-order valence-corrected chi connectivity index (χ0v) is 12.0. The Balaban J connectivity index is 1.75. The molecule has 0 aromatic heterocycles. The Morgan fingerprint density at radius 2 is 1.71 bits per heavy atom. The van der Waals surface area contributed by atoms with Gasteiger partial charge in [-0.15, -0.1) is 0 Å². The van der Waals surface area contributed by atoms with Crippen molar-refractivity contribution in [3.05, 3.63) is 24.3 Å². The molecule has 1 N–H and O–H groups in total. The molecule has 21 heavy (non-hydrogen) atoms. The molecule has 2 fully saturated rings. The largest absolute Gasteiger partial charge is 0.481 e. The SMILES string of the molecule is O=C(O)C1CCC(=O)N(c2ccc(N3CCCC3)cc2)C1. The molecular formula is C16H20N2O3. The first-order valence-corrected chi connectivity index (χ1v) is 7.53. The predicted octanol–water partition coefficient (Wildman–Crippen LogP) is 2.11. The minimum absolute atomic E-state index is 0.0152. The van der Waals surface area contributed by atoms with E-state index in [2.05, 4.69) is 4.90 Å². The van der Waals surface area contributed by atoms with Gasteiger partial charge in [-0.1, -0.05) is 0 Å². The average Bonchev–Trinajstić information content (AvgIpc) is 3.02. The number of carbonyl (C=O) groups is 2. The standard InChI is InChI=1S/C16H20N2O3/c19-15-8-3-12(16(20)21)11-18(15)14-6-4-13(5-7-14)17-9-1-2-10-17/h4-7,12H,1-3,8-11H2,(H,20,21). The van der Waals surface area contributed by atoms with E-state index in [-0.39, 0.29) is 12.5 Å². The monoisotopic (exact) mass is 288 g/mol. The fraction of sp³-hybridized carbons (Fsp3) is 0.500. The molecule has 0 aliphatic carbocycles. The van der Waals surface area contributed by atoms with Gasteiger partial charge in [-0.3, -0.25) is 9.59 Å². The minimum atomic E-state index is -0.818. The lowest BCUT2D eigenvalue weighted by molar-refractivity contribution is -0.142. The third kappa shape index (κ3) is 2.86. The highest BCUT2D eigenvalue weighted by atomic mass is 16.4. The van der Waals surface area contributed by atoms with Crippen LogP contribution < -0.4 is 9.80 Å². The predicted molar refractivity (Wildman–Crippen MR) is 80.6 cm³/mol. The number of rotatable bonds is 3. The molecule has 1 aromatic carbocycles. The lowest BCUT2D eigenvalue weighted by Gasteiger charge is -2.31. The molecule has 3 rings (SSSR count). The van der Waals surface area contributed by atoms with Crippen LogP contribution in [0.3, 0.4) is 0 Å². The van der Waals surface area contributed by atoms with Crippen molar-refractivity contribution >= 4 is 23.3 Å². The van der Waals surface area contributed by atoms with Crippen molar-refractivity contribution in [1.29, 1.82) is 0 Å². The van der Waals surface area contributed by atoms with Crippen molar-refractivity contribution in [2.75, 3.05) is 29.4 Å². The second-order valence-electron chi connectivity index (χ2n) is 5.79. The summed E-state index contributed by atoms with van der Waals surface area (Å²) in [7, 11) is 0. The first-order chi connectivity index (χ1) is 10.1. The molecule has 2 heterocycles. The van der Waals surface area contributed by atoms with E-state index in [1.165, 1.54) is 18.5 Å². The van der Waals surface area contributed by atoms with Gasteiger partial charge in [-0.2, -0.15) is 0 Å². The summed E-state index contributed by atoms with van der Waals surface area (Å²) >= 11 is 0. The zero-order valence-electron chi connectivity index (χ0n) is 12.0. The van der Waals surface area contributed by atoms with Crippen LogP contribution in [-0.2, 0) is 9.59 Å². The smallest absolute Gasteiger partial charge is 0.308 e. The van der Waals surface area contributed by atoms with Gasteiger partial charge < -0.3 is 14.9 Å². The van der Waals surface area contributed by atoms with Crippen molar-refractivity contribution in [3.63, 3.8) is 0 Å². The third-order valence-electron chi connectivity index (χ3n) is 4.39. The highest BCUT2D eigenvalue weighted by Crippen LogP contribution is 2.27. The van der Waals surface area contributed by atoms with Crippen molar-refractivity contribution in [1.82, 2.24) is 0 Å². The first kappa shape index (κ1) is 13.9. The molecule has 1 aromatic rings. The van der Waals surface area contributed by atoms with Crippen molar-refractivity contribution in [2.24, 2.45) is 5.92 Å². The number of amides is 1. The van der Waals surface area contributed by atoms with E-state index in [0.29, 0.717) is 12.8 Å². The highest BCUT2D eigenvalue weighted by molar-refractivity contribution is 5.95. The van der Waals surface area contributed by atoms with Crippen LogP contribution in [0.15, 0.2) is 24.3 Å². The maximum Gasteiger partial charge on any atom is 0.308 e. The fourth-order valence-electron chi connectivity index (χ4n) is 3.12. The van der Waals surface area contributed by atoms with E-state index in [1.54, 1.807) is 4.90 Å². The molecule has 2 aliphatic heterocycles. The van der Waals surface area contributed by atoms with Crippen LogP contribution in [0.25, 0.3) is 0 Å². The van der Waals surface area contributed by atoms with Gasteiger partial charge in [0.15, 0.2) is 0 Å². The van der Waals surface area contributed by atoms with Crippen LogP contribution in [0.4, 0.5) is 11.4 Å². The molecule has 5 heteroatoms. The Kier molecular flexibility index (Phi) is 3.82. The van der Waals surface area contributed by atoms with Gasteiger partial charge in [0, 0.05) is 37.4 Å². The minimum Gasteiger partial charge on any atom is -0.481 e. The second kappa shape index (κ2) is 5.76. The summed E-state index contributed by atoms with van der Waals surface area (Å²) in [6, 6.07) is 7.90. The van der Waals surface area contributed by atoms with Crippen LogP contribution in [0.2, 0.25) is 0 Å². The number of nitrogens with zero attached hydrogens (tertiary/aromatic N) is 2. The van der Waals surface area contributed by atoms with Gasteiger partial charge >= 0.3 is 5.97 Å². The van der Waals surface area contributed by atoms with Crippen molar-refractivity contribution in [2.45, 2.75) is 25.7 Å². The van der Waals surface area contributed by atoms with Gasteiger partial charge in [0.25, 0.3) is 0 Å². The summed E-state index contributed by atoms with van der Waals surface area (Å²) < 4.78 is 0. The lowest BCUT2D eigenvalue weighted by atomic mass is 9.97. The zero-order chi connectivity index (χ0) is 14.8. The van der Waals surface area contributed by atoms with E-state index >= 15 is 0 Å². The lowest BCUT2D eigenvalue weighted by Crippen LogP contribution is -2.42. The van der Waals surface area contributed by atoms with Crippen LogP contribution in [0.1, 0.15) is 25.7 Å². The molecule has 1 unspecified atom stereocenters. The summed E-state index contributed by atoms with van der Waals surface area (Å²) in [4.78, 5) is 27.1. The first-order valence-electron chi connectivity index (χ1n) is 7.53. The summed E-state index contributed by atoms with van der Waals surface area (Å²) in [6.45, 7) is 2.45. The third-order valence-corrected chi connectivity index (χ3v) is 4.39. The summed E-state index contributed by atoms with van der Waals surface area (Å²) in [5.74, 6) is -1.26. The van der Waals surface area contributed by atoms with Crippen LogP contribution in [0, 0.1) is 5.92 Å². The number of hydrogen-bond donors (Lipinski definition) is 1. The summed E-state index contributed by atoms with van der Waals surface area (Å²) in [6.07, 6.45) is 3.21. The van der Waals surface area contributed by atoms with E-state index < -0.39 is 11.9 Å². The van der Waals surface area contributed by atoms with Gasteiger partial charge in [0.05, 0.1) is 5.92 Å². The van der Waals surface area contributed by atoms with Crippen LogP contribution >= 0.6 is 0 Å². The van der Waals surface area contributed by atoms with Crippen molar-refractivity contribution < 1.29 is 14.7 Å². The van der Waals surface area contributed by atoms with E-state index in [1.807, 2.05) is 24.3 Å². The summed E-state index contributed by atoms with van der Waals surface area (Å²) in [5, 5.41) is 9.13.